The summed E-state index contributed by atoms with van der Waals surface area (Å²) in [6.07, 6.45) is 4.55. The summed E-state index contributed by atoms with van der Waals surface area (Å²) in [5, 5.41) is 2.00. The highest BCUT2D eigenvalue weighted by Crippen LogP contribution is 2.34. The second kappa shape index (κ2) is 10.6. The Bertz CT molecular complexity index is 763. The van der Waals surface area contributed by atoms with Gasteiger partial charge in [0.1, 0.15) is 16.2 Å². The number of fused-ring (bicyclic) bond motifs is 1. The lowest BCUT2D eigenvalue weighted by Crippen LogP contribution is -2.41. The van der Waals surface area contributed by atoms with Crippen molar-refractivity contribution in [3.63, 3.8) is 0 Å². The summed E-state index contributed by atoms with van der Waals surface area (Å²) in [6, 6.07) is 0. The molecule has 3 heterocycles. The fourth-order valence-electron chi connectivity index (χ4n) is 3.09. The molecule has 0 bridgehead atoms. The summed E-state index contributed by atoms with van der Waals surface area (Å²) >= 11 is 3.20. The molecule has 0 unspecified atom stereocenters. The number of hydrogen-bond donors (Lipinski definition) is 1. The number of ether oxygens (including phenoxy) is 1. The van der Waals surface area contributed by atoms with Crippen LogP contribution in [0.1, 0.15) is 29.7 Å². The monoisotopic (exact) mass is 430 g/mol. The van der Waals surface area contributed by atoms with Crippen LogP contribution in [-0.4, -0.2) is 58.9 Å². The molecular weight excluding hydrogens is 404 g/mol. The Hall–Kier alpha value is -0.930. The predicted molar refractivity (Wildman–Crippen MR) is 114 cm³/mol. The molecule has 2 aromatic heterocycles. The van der Waals surface area contributed by atoms with Crippen molar-refractivity contribution in [1.29, 1.82) is 0 Å². The Labute approximate surface area is 174 Å². The van der Waals surface area contributed by atoms with Crippen LogP contribution >= 0.6 is 35.5 Å². The van der Waals surface area contributed by atoms with Crippen LogP contribution in [0.4, 0.5) is 0 Å². The Morgan fingerprint density at radius 1 is 1.37 bits per heavy atom. The van der Waals surface area contributed by atoms with Crippen molar-refractivity contribution in [2.75, 3.05) is 32.0 Å². The summed E-state index contributed by atoms with van der Waals surface area (Å²) in [7, 11) is 0. The minimum Gasteiger partial charge on any atom is -0.378 e. The van der Waals surface area contributed by atoms with Gasteiger partial charge in [-0.15, -0.1) is 23.7 Å². The molecule has 0 aliphatic carbocycles. The lowest BCUT2D eigenvalue weighted by atomic mass is 10.1. The number of aromatic nitrogens is 2. The first-order valence-electron chi connectivity index (χ1n) is 9.03. The van der Waals surface area contributed by atoms with Gasteiger partial charge in [0.05, 0.1) is 11.9 Å². The highest BCUT2D eigenvalue weighted by Gasteiger charge is 2.23. The summed E-state index contributed by atoms with van der Waals surface area (Å²) in [5.41, 5.74) is 6.71. The van der Waals surface area contributed by atoms with Crippen LogP contribution in [0.25, 0.3) is 10.2 Å². The molecule has 9 heteroatoms. The van der Waals surface area contributed by atoms with Crippen molar-refractivity contribution in [2.45, 2.75) is 44.2 Å². The zero-order valence-corrected chi connectivity index (χ0v) is 18.2. The zero-order valence-electron chi connectivity index (χ0n) is 15.8. The predicted octanol–water partition coefficient (Wildman–Crippen LogP) is 3.18. The number of nitrogens with two attached hydrogens (primary N) is 1. The summed E-state index contributed by atoms with van der Waals surface area (Å²) in [5.74, 6) is 0.589. The Balaban J connectivity index is 0.00000261. The van der Waals surface area contributed by atoms with Gasteiger partial charge in [0.15, 0.2) is 0 Å². The van der Waals surface area contributed by atoms with Gasteiger partial charge in [0, 0.05) is 30.0 Å². The minimum absolute atomic E-state index is 0. The van der Waals surface area contributed by atoms with Crippen molar-refractivity contribution in [3.05, 3.63) is 16.8 Å². The van der Waals surface area contributed by atoms with Crippen LogP contribution < -0.4 is 5.73 Å². The lowest BCUT2D eigenvalue weighted by Gasteiger charge is -2.32. The van der Waals surface area contributed by atoms with Crippen molar-refractivity contribution >= 4 is 51.6 Å². The average molecular weight is 431 g/mol. The molecule has 1 saturated heterocycles. The first-order valence-corrected chi connectivity index (χ1v) is 10.8. The molecule has 0 spiro atoms. The number of nitrogens with zero attached hydrogens (tertiary/aromatic N) is 3. The van der Waals surface area contributed by atoms with Crippen LogP contribution in [0, 0.1) is 13.8 Å². The maximum Gasteiger partial charge on any atom is 0.232 e. The van der Waals surface area contributed by atoms with Gasteiger partial charge in [-0.3, -0.25) is 4.79 Å². The quantitative estimate of drug-likeness (QED) is 0.412. The third kappa shape index (κ3) is 5.54. The van der Waals surface area contributed by atoms with Crippen molar-refractivity contribution in [3.8, 4) is 0 Å². The number of thioether (sulfide) groups is 1. The Kier molecular flexibility index (Phi) is 8.75. The first kappa shape index (κ1) is 22.4. The first-order chi connectivity index (χ1) is 12.6. The number of thiophene rings is 1. The molecule has 0 atom stereocenters. The maximum absolute atomic E-state index is 12.6. The number of hydrogen-bond acceptors (Lipinski definition) is 7. The second-order valence-corrected chi connectivity index (χ2v) is 8.69. The molecule has 1 fully saturated rings. The van der Waals surface area contributed by atoms with Crippen LogP contribution in [0.3, 0.4) is 0 Å². The van der Waals surface area contributed by atoms with E-state index in [1.165, 1.54) is 22.2 Å². The minimum atomic E-state index is 0. The van der Waals surface area contributed by atoms with E-state index in [1.54, 1.807) is 17.7 Å². The highest BCUT2D eigenvalue weighted by molar-refractivity contribution is 8.00. The normalized spacial score (nSPS) is 15.1. The SMILES string of the molecule is Cc1sc2ncnc(SCC(=O)N3CCC(OCCCN)CC3)c2c1C.Cl. The molecule has 6 nitrogen and oxygen atoms in total. The molecule has 0 radical (unpaired) electrons. The van der Waals surface area contributed by atoms with Gasteiger partial charge in [0.25, 0.3) is 0 Å². The molecule has 27 heavy (non-hydrogen) atoms. The second-order valence-electron chi connectivity index (χ2n) is 6.52. The van der Waals surface area contributed by atoms with Crippen LogP contribution in [0.15, 0.2) is 11.4 Å². The highest BCUT2D eigenvalue weighted by atomic mass is 35.5. The van der Waals surface area contributed by atoms with E-state index in [9.17, 15) is 4.79 Å². The van der Waals surface area contributed by atoms with E-state index in [-0.39, 0.29) is 24.4 Å². The third-order valence-electron chi connectivity index (χ3n) is 4.76. The number of amides is 1. The number of halogens is 1. The fourth-order valence-corrected chi connectivity index (χ4v) is 5.11. The van der Waals surface area contributed by atoms with Crippen molar-refractivity contribution < 1.29 is 9.53 Å². The summed E-state index contributed by atoms with van der Waals surface area (Å²) in [4.78, 5) is 25.5. The van der Waals surface area contributed by atoms with Gasteiger partial charge < -0.3 is 15.4 Å². The topological polar surface area (TPSA) is 81.3 Å². The largest absolute Gasteiger partial charge is 0.378 e. The van der Waals surface area contributed by atoms with E-state index in [1.807, 2.05) is 4.90 Å². The van der Waals surface area contributed by atoms with Gasteiger partial charge >= 0.3 is 0 Å². The Morgan fingerprint density at radius 3 is 2.81 bits per heavy atom. The molecule has 1 amide bonds. The van der Waals surface area contributed by atoms with Gasteiger partial charge in [0.2, 0.25) is 5.91 Å². The molecular formula is C18H27ClN4O2S2. The number of carbonyl (C=O) groups is 1. The van der Waals surface area contributed by atoms with E-state index in [2.05, 4.69) is 23.8 Å². The number of aryl methyl sites for hydroxylation is 2. The molecule has 1 aliphatic rings. The lowest BCUT2D eigenvalue weighted by molar-refractivity contribution is -0.130. The van der Waals surface area contributed by atoms with Crippen LogP contribution in [0.5, 0.6) is 0 Å². The number of piperidine rings is 1. The van der Waals surface area contributed by atoms with Gasteiger partial charge in [-0.05, 0) is 45.2 Å². The van der Waals surface area contributed by atoms with Gasteiger partial charge in [-0.1, -0.05) is 11.8 Å². The number of rotatable bonds is 7. The maximum atomic E-state index is 12.6. The molecule has 2 aromatic rings. The van der Waals surface area contributed by atoms with Crippen molar-refractivity contribution in [1.82, 2.24) is 14.9 Å². The Morgan fingerprint density at radius 2 is 2.11 bits per heavy atom. The average Bonchev–Trinajstić information content (AvgIpc) is 2.95. The van der Waals surface area contributed by atoms with E-state index >= 15 is 0 Å². The van der Waals surface area contributed by atoms with Gasteiger partial charge in [-0.25, -0.2) is 9.97 Å². The molecule has 0 aromatic carbocycles. The van der Waals surface area contributed by atoms with E-state index < -0.39 is 0 Å². The number of likely N-dealkylation sites (tertiary alicyclic amines) is 1. The van der Waals surface area contributed by atoms with E-state index in [0.717, 1.165) is 47.6 Å². The summed E-state index contributed by atoms with van der Waals surface area (Å²) < 4.78 is 5.81. The molecule has 2 N–H and O–H groups in total. The number of carbonyl (C=O) groups excluding carboxylic acids is 1. The molecule has 0 saturated carbocycles. The summed E-state index contributed by atoms with van der Waals surface area (Å²) in [6.45, 7) is 7.10. The zero-order chi connectivity index (χ0) is 18.5. The third-order valence-corrected chi connectivity index (χ3v) is 6.85. The van der Waals surface area contributed by atoms with Gasteiger partial charge in [-0.2, -0.15) is 0 Å². The molecule has 150 valence electrons. The van der Waals surface area contributed by atoms with Crippen molar-refractivity contribution in [2.24, 2.45) is 5.73 Å². The van der Waals surface area contributed by atoms with E-state index in [0.29, 0.717) is 18.9 Å². The standard InChI is InChI=1S/C18H26N4O2S2.ClH/c1-12-13(2)26-18-16(12)17(20-11-21-18)25-10-15(23)22-7-4-14(5-8-22)24-9-3-6-19;/h11,14H,3-10,19H2,1-2H3;1H. The fraction of sp³-hybridized carbons (Fsp3) is 0.611. The molecule has 3 rings (SSSR count). The molecule has 1 aliphatic heterocycles. The smallest absolute Gasteiger partial charge is 0.232 e. The van der Waals surface area contributed by atoms with E-state index in [4.69, 9.17) is 10.5 Å². The van der Waals surface area contributed by atoms with Crippen LogP contribution in [0.2, 0.25) is 0 Å². The van der Waals surface area contributed by atoms with Crippen LogP contribution in [-0.2, 0) is 9.53 Å².